The Bertz CT molecular complexity index is 682. The van der Waals surface area contributed by atoms with Crippen molar-refractivity contribution < 1.29 is 19.4 Å². The summed E-state index contributed by atoms with van der Waals surface area (Å²) in [5.74, 6) is -1.79. The van der Waals surface area contributed by atoms with Crippen molar-refractivity contribution in [1.82, 2.24) is 0 Å². The van der Waals surface area contributed by atoms with Crippen LogP contribution >= 0.6 is 0 Å². The predicted molar refractivity (Wildman–Crippen MR) is 96.0 cm³/mol. The van der Waals surface area contributed by atoms with Crippen LogP contribution in [0.15, 0.2) is 60.7 Å². The van der Waals surface area contributed by atoms with E-state index < -0.39 is 17.4 Å². The number of unbranched alkanes of at least 4 members (excludes halogenated alkanes) is 1. The second-order valence-electron chi connectivity index (χ2n) is 6.21. The summed E-state index contributed by atoms with van der Waals surface area (Å²) in [6, 6.07) is 18.5. The van der Waals surface area contributed by atoms with Crippen molar-refractivity contribution in [3.05, 3.63) is 71.8 Å². The van der Waals surface area contributed by atoms with Crippen LogP contribution in [0.3, 0.4) is 0 Å². The van der Waals surface area contributed by atoms with E-state index in [9.17, 15) is 14.7 Å². The second kappa shape index (κ2) is 9.02. The monoisotopic (exact) mass is 340 g/mol. The van der Waals surface area contributed by atoms with E-state index in [1.54, 1.807) is 0 Å². The molecule has 132 valence electrons. The van der Waals surface area contributed by atoms with Crippen LogP contribution in [0.2, 0.25) is 0 Å². The molecule has 0 bridgehead atoms. The van der Waals surface area contributed by atoms with Crippen LogP contribution in [0.1, 0.15) is 37.3 Å². The first-order valence-electron chi connectivity index (χ1n) is 8.57. The van der Waals surface area contributed by atoms with Gasteiger partial charge in [0.15, 0.2) is 5.41 Å². The third-order valence-corrected chi connectivity index (χ3v) is 4.32. The van der Waals surface area contributed by atoms with Crippen LogP contribution in [0.25, 0.3) is 0 Å². The van der Waals surface area contributed by atoms with E-state index in [0.29, 0.717) is 6.42 Å². The first-order chi connectivity index (χ1) is 12.1. The number of benzene rings is 2. The summed E-state index contributed by atoms with van der Waals surface area (Å²) in [5, 5.41) is 9.88. The molecule has 0 aliphatic heterocycles. The number of carbonyl (C=O) groups is 2. The third-order valence-electron chi connectivity index (χ3n) is 4.32. The van der Waals surface area contributed by atoms with E-state index in [4.69, 9.17) is 4.74 Å². The average Bonchev–Trinajstić information content (AvgIpc) is 2.64. The maximum Gasteiger partial charge on any atom is 0.324 e. The van der Waals surface area contributed by atoms with Crippen molar-refractivity contribution in [2.75, 3.05) is 0 Å². The van der Waals surface area contributed by atoms with Gasteiger partial charge in [-0.15, -0.1) is 0 Å². The molecular weight excluding hydrogens is 316 g/mol. The minimum Gasteiger partial charge on any atom is -0.480 e. The van der Waals surface area contributed by atoms with Crippen LogP contribution in [0.4, 0.5) is 0 Å². The van der Waals surface area contributed by atoms with Crippen molar-refractivity contribution in [3.63, 3.8) is 0 Å². The Balaban J connectivity index is 2.22. The number of ether oxygens (including phenoxy) is 1. The average molecular weight is 340 g/mol. The molecule has 2 aromatic rings. The molecule has 2 rings (SSSR count). The molecule has 1 N–H and O–H groups in total. The number of esters is 1. The quantitative estimate of drug-likeness (QED) is 0.548. The molecule has 0 heterocycles. The minimum atomic E-state index is -1.55. The first kappa shape index (κ1) is 18.7. The molecule has 0 fully saturated rings. The molecule has 0 spiro atoms. The lowest BCUT2D eigenvalue weighted by Gasteiger charge is -2.27. The van der Waals surface area contributed by atoms with E-state index in [2.05, 4.69) is 0 Å². The largest absolute Gasteiger partial charge is 0.480 e. The van der Waals surface area contributed by atoms with Crippen LogP contribution in [0, 0.1) is 5.41 Å². The first-order valence-corrected chi connectivity index (χ1v) is 8.57. The molecule has 0 aromatic heterocycles. The molecular formula is C21H24O4. The van der Waals surface area contributed by atoms with Gasteiger partial charge in [-0.3, -0.25) is 9.59 Å². The lowest BCUT2D eigenvalue weighted by molar-refractivity contribution is -0.170. The lowest BCUT2D eigenvalue weighted by Crippen LogP contribution is -2.42. The van der Waals surface area contributed by atoms with E-state index in [1.165, 1.54) is 0 Å². The Morgan fingerprint density at radius 3 is 2.04 bits per heavy atom. The SMILES string of the molecule is CCCCC(Cc1ccccc1)(C(=O)O)C(=O)OCc1ccccc1. The summed E-state index contributed by atoms with van der Waals surface area (Å²) in [4.78, 5) is 24.9. The number of hydrogen-bond donors (Lipinski definition) is 1. The smallest absolute Gasteiger partial charge is 0.324 e. The summed E-state index contributed by atoms with van der Waals surface area (Å²) in [6.07, 6.45) is 1.87. The summed E-state index contributed by atoms with van der Waals surface area (Å²) in [6.45, 7) is 2.06. The van der Waals surface area contributed by atoms with Gasteiger partial charge in [0.05, 0.1) is 0 Å². The molecule has 1 unspecified atom stereocenters. The third kappa shape index (κ3) is 4.92. The summed E-state index contributed by atoms with van der Waals surface area (Å²) < 4.78 is 5.40. The molecule has 4 nitrogen and oxygen atoms in total. The van der Waals surface area contributed by atoms with Crippen LogP contribution in [-0.4, -0.2) is 17.0 Å². The Labute approximate surface area is 148 Å². The number of rotatable bonds is 9. The van der Waals surface area contributed by atoms with E-state index in [0.717, 1.165) is 17.5 Å². The Morgan fingerprint density at radius 2 is 1.52 bits per heavy atom. The molecule has 0 aliphatic rings. The highest BCUT2D eigenvalue weighted by Gasteiger charge is 2.47. The highest BCUT2D eigenvalue weighted by molar-refractivity contribution is 5.99. The van der Waals surface area contributed by atoms with Gasteiger partial charge in [0.25, 0.3) is 0 Å². The lowest BCUT2D eigenvalue weighted by atomic mass is 9.77. The van der Waals surface area contributed by atoms with Crippen LogP contribution < -0.4 is 0 Å². The zero-order chi connectivity index (χ0) is 18.1. The molecule has 4 heteroatoms. The van der Waals surface area contributed by atoms with Crippen LogP contribution in [-0.2, 0) is 27.4 Å². The fourth-order valence-electron chi connectivity index (χ4n) is 2.82. The number of aliphatic carboxylic acids is 1. The number of carboxylic acid groups (broad SMARTS) is 1. The van der Waals surface area contributed by atoms with Gasteiger partial charge in [0.1, 0.15) is 6.61 Å². The van der Waals surface area contributed by atoms with Gasteiger partial charge >= 0.3 is 11.9 Å². The molecule has 2 aromatic carbocycles. The van der Waals surface area contributed by atoms with Gasteiger partial charge in [-0.25, -0.2) is 0 Å². The summed E-state index contributed by atoms with van der Waals surface area (Å²) in [7, 11) is 0. The molecule has 0 saturated heterocycles. The van der Waals surface area contributed by atoms with Crippen molar-refractivity contribution in [1.29, 1.82) is 0 Å². The highest BCUT2D eigenvalue weighted by atomic mass is 16.5. The van der Waals surface area contributed by atoms with Gasteiger partial charge in [-0.2, -0.15) is 0 Å². The zero-order valence-corrected chi connectivity index (χ0v) is 14.5. The van der Waals surface area contributed by atoms with Crippen molar-refractivity contribution >= 4 is 11.9 Å². The van der Waals surface area contributed by atoms with Crippen molar-refractivity contribution in [2.45, 2.75) is 39.2 Å². The topological polar surface area (TPSA) is 63.6 Å². The standard InChI is InChI=1S/C21H24O4/c1-2-3-14-21(19(22)23,15-17-10-6-4-7-11-17)20(24)25-16-18-12-8-5-9-13-18/h4-13H,2-3,14-16H2,1H3,(H,22,23). The Morgan fingerprint density at radius 1 is 0.960 bits per heavy atom. The van der Waals surface area contributed by atoms with Gasteiger partial charge in [-0.1, -0.05) is 80.4 Å². The fourth-order valence-corrected chi connectivity index (χ4v) is 2.82. The van der Waals surface area contributed by atoms with E-state index >= 15 is 0 Å². The molecule has 0 aliphatic carbocycles. The summed E-state index contributed by atoms with van der Waals surface area (Å²) >= 11 is 0. The van der Waals surface area contributed by atoms with E-state index in [1.807, 2.05) is 67.6 Å². The van der Waals surface area contributed by atoms with Crippen LogP contribution in [0.5, 0.6) is 0 Å². The molecule has 1 atom stereocenters. The minimum absolute atomic E-state index is 0.0790. The summed E-state index contributed by atoms with van der Waals surface area (Å²) in [5.41, 5.74) is 0.106. The Hall–Kier alpha value is -2.62. The van der Waals surface area contributed by atoms with E-state index in [-0.39, 0.29) is 19.4 Å². The van der Waals surface area contributed by atoms with Gasteiger partial charge in [0, 0.05) is 0 Å². The highest BCUT2D eigenvalue weighted by Crippen LogP contribution is 2.32. The second-order valence-corrected chi connectivity index (χ2v) is 6.21. The molecule has 0 amide bonds. The van der Waals surface area contributed by atoms with Crippen molar-refractivity contribution in [3.8, 4) is 0 Å². The Kier molecular flexibility index (Phi) is 6.75. The van der Waals surface area contributed by atoms with Gasteiger partial charge < -0.3 is 9.84 Å². The van der Waals surface area contributed by atoms with Gasteiger partial charge in [-0.05, 0) is 24.0 Å². The van der Waals surface area contributed by atoms with Gasteiger partial charge in [0.2, 0.25) is 0 Å². The number of carboxylic acids is 1. The maximum atomic E-state index is 12.8. The number of carbonyl (C=O) groups excluding carboxylic acids is 1. The molecule has 25 heavy (non-hydrogen) atoms. The number of hydrogen-bond acceptors (Lipinski definition) is 3. The normalized spacial score (nSPS) is 13.0. The van der Waals surface area contributed by atoms with Crippen molar-refractivity contribution in [2.24, 2.45) is 5.41 Å². The zero-order valence-electron chi connectivity index (χ0n) is 14.5. The molecule has 0 radical (unpaired) electrons. The molecule has 0 saturated carbocycles. The fraction of sp³-hybridized carbons (Fsp3) is 0.333. The maximum absolute atomic E-state index is 12.8. The predicted octanol–water partition coefficient (Wildman–Crippen LogP) is 4.23.